The van der Waals surface area contributed by atoms with Crippen LogP contribution >= 0.6 is 11.8 Å². The molecule has 2 aliphatic rings. The molecular formula is C26H32N6O3S. The van der Waals surface area contributed by atoms with Gasteiger partial charge in [-0.2, -0.15) is 0 Å². The van der Waals surface area contributed by atoms with Crippen LogP contribution in [0.4, 0.5) is 11.5 Å². The van der Waals surface area contributed by atoms with Gasteiger partial charge in [-0.15, -0.1) is 11.8 Å². The highest BCUT2D eigenvalue weighted by molar-refractivity contribution is 8.03. The molecule has 6 N–H and O–H groups in total. The first-order chi connectivity index (χ1) is 17.3. The number of benzene rings is 1. The fourth-order valence-corrected chi connectivity index (χ4v) is 5.25. The smallest absolute Gasteiger partial charge is 0.273 e. The van der Waals surface area contributed by atoms with E-state index < -0.39 is 5.91 Å². The Bertz CT molecular complexity index is 1280. The summed E-state index contributed by atoms with van der Waals surface area (Å²) in [5.41, 5.74) is 9.33. The molecule has 0 fully saturated rings. The molecule has 3 amide bonds. The third-order valence-electron chi connectivity index (χ3n) is 6.14. The largest absolute Gasteiger partial charge is 0.387 e. The average molecular weight is 509 g/mol. The van der Waals surface area contributed by atoms with Gasteiger partial charge in [0.2, 0.25) is 11.8 Å². The van der Waals surface area contributed by atoms with Gasteiger partial charge in [0.05, 0.1) is 0 Å². The second-order valence-electron chi connectivity index (χ2n) is 9.00. The number of aromatic nitrogens is 1. The first-order valence-corrected chi connectivity index (χ1v) is 13.0. The van der Waals surface area contributed by atoms with E-state index in [1.807, 2.05) is 56.7 Å². The zero-order valence-corrected chi connectivity index (χ0v) is 21.5. The van der Waals surface area contributed by atoms with Gasteiger partial charge in [-0.25, -0.2) is 0 Å². The molecule has 0 aliphatic carbocycles. The molecule has 0 saturated heterocycles. The van der Waals surface area contributed by atoms with Crippen molar-refractivity contribution in [2.75, 3.05) is 23.3 Å². The van der Waals surface area contributed by atoms with Gasteiger partial charge in [0.25, 0.3) is 5.91 Å². The molecule has 4 rings (SSSR count). The minimum Gasteiger partial charge on any atom is -0.387 e. The summed E-state index contributed by atoms with van der Waals surface area (Å²) < 4.78 is 0. The second-order valence-corrected chi connectivity index (χ2v) is 9.98. The van der Waals surface area contributed by atoms with E-state index in [0.717, 1.165) is 34.3 Å². The Morgan fingerprint density at radius 1 is 1.28 bits per heavy atom. The lowest BCUT2D eigenvalue weighted by molar-refractivity contribution is -0.121. The van der Waals surface area contributed by atoms with Gasteiger partial charge >= 0.3 is 0 Å². The number of nitrogens with two attached hydrogens (primary N) is 1. The quantitative estimate of drug-likeness (QED) is 0.354. The minimum absolute atomic E-state index is 0.0257. The van der Waals surface area contributed by atoms with Crippen LogP contribution in [-0.4, -0.2) is 41.2 Å². The number of dihydropyridines is 1. The van der Waals surface area contributed by atoms with Gasteiger partial charge in [-0.05, 0) is 43.3 Å². The Hall–Kier alpha value is -3.66. The summed E-state index contributed by atoms with van der Waals surface area (Å²) >= 11 is 1.54. The molecule has 3 heterocycles. The predicted octanol–water partition coefficient (Wildman–Crippen LogP) is 3.08. The Kier molecular flexibility index (Phi) is 7.73. The normalized spacial score (nSPS) is 16.8. The maximum Gasteiger partial charge on any atom is 0.273 e. The van der Waals surface area contributed by atoms with Crippen LogP contribution in [0, 0.1) is 5.92 Å². The molecular weight excluding hydrogens is 476 g/mol. The van der Waals surface area contributed by atoms with Crippen molar-refractivity contribution in [2.45, 2.75) is 39.0 Å². The number of nitrogens with zero attached hydrogens (tertiary/aromatic N) is 1. The molecule has 2 aromatic rings. The van der Waals surface area contributed by atoms with Gasteiger partial charge < -0.3 is 31.6 Å². The minimum atomic E-state index is -0.416. The number of hydrogen-bond acceptors (Lipinski definition) is 6. The molecule has 1 aromatic carbocycles. The summed E-state index contributed by atoms with van der Waals surface area (Å²) in [6.07, 6.45) is 6.50. The second kappa shape index (κ2) is 10.9. The van der Waals surface area contributed by atoms with E-state index in [1.165, 1.54) is 0 Å². The third kappa shape index (κ3) is 5.43. The Morgan fingerprint density at radius 3 is 2.75 bits per heavy atom. The molecule has 0 radical (unpaired) electrons. The number of fused-ring (bicyclic) bond motifs is 1. The first kappa shape index (κ1) is 25.4. The number of anilines is 2. The number of H-pyrrole nitrogens is 1. The standard InChI is InChI=1S/C26H32N6O3S/c1-4-32(26(35)15(2)3)17-5-6-18-19(7-8-22(27)33)23(29-20(18)13-17)31-24(34)21-14-36-25(30-21)16-9-11-28-12-10-16/h5-6,9-11,13-15,25,28-30H,4,7-8,12H2,1-3H3,(H2,27,33)(H,31,34). The molecule has 1 unspecified atom stereocenters. The van der Waals surface area contributed by atoms with Crippen LogP contribution < -0.4 is 26.6 Å². The summed E-state index contributed by atoms with van der Waals surface area (Å²) in [6.45, 7) is 6.99. The summed E-state index contributed by atoms with van der Waals surface area (Å²) in [6, 6.07) is 5.71. The van der Waals surface area contributed by atoms with E-state index in [-0.39, 0.29) is 29.5 Å². The summed E-state index contributed by atoms with van der Waals surface area (Å²) in [7, 11) is 0. The summed E-state index contributed by atoms with van der Waals surface area (Å²) in [5, 5.41) is 12.0. The number of carbonyl (C=O) groups excluding carboxylic acids is 3. The fraction of sp³-hybridized carbons (Fsp3) is 0.346. The highest BCUT2D eigenvalue weighted by Gasteiger charge is 2.26. The number of hydrogen-bond donors (Lipinski definition) is 5. The van der Waals surface area contributed by atoms with E-state index in [0.29, 0.717) is 24.5 Å². The zero-order valence-electron chi connectivity index (χ0n) is 20.7. The number of rotatable bonds is 9. The van der Waals surface area contributed by atoms with E-state index in [9.17, 15) is 14.4 Å². The van der Waals surface area contributed by atoms with Crippen LogP contribution in [0.3, 0.4) is 0 Å². The molecule has 10 heteroatoms. The van der Waals surface area contributed by atoms with Crippen LogP contribution in [-0.2, 0) is 20.8 Å². The highest BCUT2D eigenvalue weighted by Crippen LogP contribution is 2.33. The predicted molar refractivity (Wildman–Crippen MR) is 145 cm³/mol. The van der Waals surface area contributed by atoms with Gasteiger partial charge in [-0.3, -0.25) is 14.4 Å². The van der Waals surface area contributed by atoms with Crippen molar-refractivity contribution in [3.8, 4) is 0 Å². The molecule has 0 bridgehead atoms. The molecule has 9 nitrogen and oxygen atoms in total. The number of nitrogens with one attached hydrogen (secondary N) is 4. The lowest BCUT2D eigenvalue weighted by Gasteiger charge is -2.23. The van der Waals surface area contributed by atoms with E-state index in [1.54, 1.807) is 16.7 Å². The lowest BCUT2D eigenvalue weighted by Crippen LogP contribution is -2.33. The average Bonchev–Trinajstić information content (AvgIpc) is 3.48. The number of primary amides is 1. The monoisotopic (exact) mass is 508 g/mol. The summed E-state index contributed by atoms with van der Waals surface area (Å²) in [5.74, 6) is -0.267. The van der Waals surface area contributed by atoms with Crippen LogP contribution in [0.15, 0.2) is 53.2 Å². The van der Waals surface area contributed by atoms with Crippen molar-refractivity contribution in [3.05, 3.63) is 58.8 Å². The maximum atomic E-state index is 13.1. The number of aryl methyl sites for hydroxylation is 1. The van der Waals surface area contributed by atoms with Crippen molar-refractivity contribution < 1.29 is 14.4 Å². The molecule has 36 heavy (non-hydrogen) atoms. The van der Waals surface area contributed by atoms with Gasteiger partial charge in [0, 0.05) is 53.0 Å². The van der Waals surface area contributed by atoms with Gasteiger partial charge in [0.1, 0.15) is 16.9 Å². The molecule has 1 aromatic heterocycles. The van der Waals surface area contributed by atoms with Crippen molar-refractivity contribution in [2.24, 2.45) is 11.7 Å². The van der Waals surface area contributed by atoms with Gasteiger partial charge in [0.15, 0.2) is 0 Å². The SMILES string of the molecule is CCN(C(=O)C(C)C)c1ccc2c(CCC(N)=O)c(NC(=O)C3=CSC(C4=CCNC=C4)N3)[nH]c2c1. The van der Waals surface area contributed by atoms with Crippen LogP contribution in [0.5, 0.6) is 0 Å². The molecule has 2 aliphatic heterocycles. The number of amides is 3. The molecule has 0 spiro atoms. The van der Waals surface area contributed by atoms with Crippen molar-refractivity contribution in [1.29, 1.82) is 0 Å². The zero-order chi connectivity index (χ0) is 25.8. The van der Waals surface area contributed by atoms with E-state index in [4.69, 9.17) is 5.73 Å². The van der Waals surface area contributed by atoms with E-state index in [2.05, 4.69) is 27.0 Å². The lowest BCUT2D eigenvalue weighted by atomic mass is 10.1. The molecule has 0 saturated carbocycles. The van der Waals surface area contributed by atoms with Crippen LogP contribution in [0.2, 0.25) is 0 Å². The van der Waals surface area contributed by atoms with Crippen LogP contribution in [0.25, 0.3) is 10.9 Å². The topological polar surface area (TPSA) is 132 Å². The number of aromatic amines is 1. The first-order valence-electron chi connectivity index (χ1n) is 12.1. The Labute approximate surface area is 214 Å². The molecule has 1 atom stereocenters. The third-order valence-corrected chi connectivity index (χ3v) is 7.18. The number of thioether (sulfide) groups is 1. The van der Waals surface area contributed by atoms with Crippen molar-refractivity contribution in [1.82, 2.24) is 15.6 Å². The Morgan fingerprint density at radius 2 is 2.08 bits per heavy atom. The van der Waals surface area contributed by atoms with Crippen LogP contribution in [0.1, 0.15) is 32.8 Å². The fourth-order valence-electron chi connectivity index (χ4n) is 4.27. The van der Waals surface area contributed by atoms with Crippen molar-refractivity contribution in [3.63, 3.8) is 0 Å². The maximum absolute atomic E-state index is 13.1. The summed E-state index contributed by atoms with van der Waals surface area (Å²) in [4.78, 5) is 42.4. The van der Waals surface area contributed by atoms with E-state index >= 15 is 0 Å². The van der Waals surface area contributed by atoms with Crippen molar-refractivity contribution >= 4 is 51.9 Å². The molecule has 190 valence electrons. The Balaban J connectivity index is 1.59. The number of carbonyl (C=O) groups is 3. The van der Waals surface area contributed by atoms with Gasteiger partial charge in [-0.1, -0.05) is 26.0 Å². The highest BCUT2D eigenvalue weighted by atomic mass is 32.2.